The van der Waals surface area contributed by atoms with Gasteiger partial charge in [0.1, 0.15) is 17.6 Å². The largest absolute Gasteiger partial charge is 0.506 e. The van der Waals surface area contributed by atoms with Crippen LogP contribution in [0.1, 0.15) is 12.5 Å². The summed E-state index contributed by atoms with van der Waals surface area (Å²) in [5, 5.41) is 13.5. The summed E-state index contributed by atoms with van der Waals surface area (Å²) in [5.74, 6) is 2.28. The average molecular weight is 380 g/mol. The Bertz CT molecular complexity index is 806. The second kappa shape index (κ2) is 8.42. The molecule has 0 aromatic heterocycles. The Morgan fingerprint density at radius 2 is 1.86 bits per heavy atom. The second-order valence-electron chi connectivity index (χ2n) is 7.21. The van der Waals surface area contributed by atoms with E-state index in [-0.39, 0.29) is 6.10 Å². The fourth-order valence-electron chi connectivity index (χ4n) is 3.86. The molecular weight excluding hydrogens is 352 g/mol. The highest BCUT2D eigenvalue weighted by Gasteiger charge is 2.24. The first-order valence-corrected chi connectivity index (χ1v) is 10.1. The van der Waals surface area contributed by atoms with Crippen LogP contribution in [0, 0.1) is 0 Å². The van der Waals surface area contributed by atoms with Crippen LogP contribution >= 0.6 is 0 Å². The Balaban J connectivity index is 1.36. The molecule has 1 fully saturated rings. The number of piperazine rings is 1. The Morgan fingerprint density at radius 3 is 2.61 bits per heavy atom. The lowest BCUT2D eigenvalue weighted by atomic mass is 10.1. The predicted octanol–water partition coefficient (Wildman–Crippen LogP) is 2.48. The van der Waals surface area contributed by atoms with Crippen LogP contribution in [-0.2, 0) is 6.42 Å². The third-order valence-corrected chi connectivity index (χ3v) is 5.30. The number of fused-ring (bicyclic) bond motifs is 1. The summed E-state index contributed by atoms with van der Waals surface area (Å²) in [6.07, 6.45) is 1.02. The zero-order valence-electron chi connectivity index (χ0n) is 16.3. The Hall–Kier alpha value is -2.89. The highest BCUT2D eigenvalue weighted by molar-refractivity contribution is 5.80. The van der Waals surface area contributed by atoms with Crippen LogP contribution in [0.4, 0.5) is 5.69 Å². The number of ether oxygens (including phenoxy) is 1. The average Bonchev–Trinajstić information content (AvgIpc) is 3.15. The zero-order valence-corrected chi connectivity index (χ0v) is 16.3. The first-order valence-electron chi connectivity index (χ1n) is 10.1. The van der Waals surface area contributed by atoms with Gasteiger partial charge in [0.25, 0.3) is 0 Å². The molecule has 1 atom stereocenters. The first-order chi connectivity index (χ1) is 13.7. The summed E-state index contributed by atoms with van der Waals surface area (Å²) < 4.78 is 6.02. The molecule has 0 bridgehead atoms. The number of aromatic hydroxyl groups is 1. The van der Waals surface area contributed by atoms with Crippen molar-refractivity contribution in [2.24, 2.45) is 4.99 Å². The van der Waals surface area contributed by atoms with Crippen LogP contribution in [0.5, 0.6) is 11.5 Å². The molecule has 2 aromatic rings. The van der Waals surface area contributed by atoms with Crippen molar-refractivity contribution in [3.8, 4) is 11.5 Å². The summed E-state index contributed by atoms with van der Waals surface area (Å²) in [6.45, 7) is 7.02. The van der Waals surface area contributed by atoms with Crippen molar-refractivity contribution in [3.05, 3.63) is 54.1 Å². The van der Waals surface area contributed by atoms with Gasteiger partial charge in [-0.2, -0.15) is 0 Å². The minimum absolute atomic E-state index is 0.105. The number of nitrogens with one attached hydrogen (secondary N) is 1. The van der Waals surface area contributed by atoms with Gasteiger partial charge in [-0.05, 0) is 30.7 Å². The maximum Gasteiger partial charge on any atom is 0.194 e. The minimum Gasteiger partial charge on any atom is -0.506 e. The van der Waals surface area contributed by atoms with Crippen LogP contribution in [0.3, 0.4) is 0 Å². The van der Waals surface area contributed by atoms with Crippen molar-refractivity contribution in [2.45, 2.75) is 19.4 Å². The first kappa shape index (κ1) is 18.5. The van der Waals surface area contributed by atoms with Crippen LogP contribution in [0.15, 0.2) is 53.5 Å². The highest BCUT2D eigenvalue weighted by atomic mass is 16.5. The van der Waals surface area contributed by atoms with Crippen molar-refractivity contribution in [3.63, 3.8) is 0 Å². The number of phenols is 1. The van der Waals surface area contributed by atoms with E-state index in [0.717, 1.165) is 56.5 Å². The van der Waals surface area contributed by atoms with E-state index in [1.54, 1.807) is 6.07 Å². The predicted molar refractivity (Wildman–Crippen MR) is 112 cm³/mol. The molecule has 6 nitrogen and oxygen atoms in total. The van der Waals surface area contributed by atoms with Gasteiger partial charge in [-0.3, -0.25) is 0 Å². The monoisotopic (exact) mass is 380 g/mol. The molecule has 2 aliphatic heterocycles. The number of anilines is 1. The van der Waals surface area contributed by atoms with Crippen molar-refractivity contribution in [1.82, 2.24) is 10.2 Å². The van der Waals surface area contributed by atoms with E-state index in [2.05, 4.69) is 34.2 Å². The molecule has 0 spiro atoms. The molecule has 1 unspecified atom stereocenters. The van der Waals surface area contributed by atoms with Crippen molar-refractivity contribution in [1.29, 1.82) is 0 Å². The third kappa shape index (κ3) is 4.01. The van der Waals surface area contributed by atoms with E-state index in [0.29, 0.717) is 12.3 Å². The maximum atomic E-state index is 10.1. The van der Waals surface area contributed by atoms with Gasteiger partial charge >= 0.3 is 0 Å². The van der Waals surface area contributed by atoms with E-state index in [9.17, 15) is 5.11 Å². The molecular formula is C22H28N4O2. The highest BCUT2D eigenvalue weighted by Crippen LogP contribution is 2.29. The van der Waals surface area contributed by atoms with Gasteiger partial charge in [0, 0.05) is 39.1 Å². The Kier molecular flexibility index (Phi) is 5.55. The van der Waals surface area contributed by atoms with Gasteiger partial charge in [-0.1, -0.05) is 30.3 Å². The fourth-order valence-corrected chi connectivity index (χ4v) is 3.86. The molecule has 0 saturated carbocycles. The number of para-hydroxylation sites is 3. The normalized spacial score (nSPS) is 19.3. The summed E-state index contributed by atoms with van der Waals surface area (Å²) >= 11 is 0. The van der Waals surface area contributed by atoms with Gasteiger partial charge < -0.3 is 25.0 Å². The quantitative estimate of drug-likeness (QED) is 0.630. The smallest absolute Gasteiger partial charge is 0.194 e. The summed E-state index contributed by atoms with van der Waals surface area (Å²) in [7, 11) is 0. The lowest BCUT2D eigenvalue weighted by Crippen LogP contribution is -2.52. The molecule has 0 aliphatic carbocycles. The van der Waals surface area contributed by atoms with Gasteiger partial charge in [-0.25, -0.2) is 4.99 Å². The van der Waals surface area contributed by atoms with E-state index >= 15 is 0 Å². The molecule has 2 N–H and O–H groups in total. The molecule has 0 radical (unpaired) electrons. The minimum atomic E-state index is 0.105. The molecule has 1 saturated heterocycles. The standard InChI is InChI=1S/C22H28N4O2/c1-2-23-22(24-16-18-15-17-7-3-6-10-21(17)28-18)26-13-11-25(12-14-26)19-8-4-5-9-20(19)27/h3-10,18,27H,2,11-16H2,1H3,(H,23,24). The molecule has 4 rings (SSSR count). The van der Waals surface area contributed by atoms with Crippen LogP contribution in [-0.4, -0.2) is 61.3 Å². The van der Waals surface area contributed by atoms with Crippen molar-refractivity contribution < 1.29 is 9.84 Å². The van der Waals surface area contributed by atoms with Crippen molar-refractivity contribution >= 4 is 11.6 Å². The number of hydrogen-bond donors (Lipinski definition) is 2. The van der Waals surface area contributed by atoms with Crippen LogP contribution < -0.4 is 15.0 Å². The van der Waals surface area contributed by atoms with Gasteiger partial charge in [0.05, 0.1) is 12.2 Å². The Labute approximate surface area is 166 Å². The Morgan fingerprint density at radius 1 is 1.11 bits per heavy atom. The lowest BCUT2D eigenvalue weighted by Gasteiger charge is -2.38. The number of rotatable bonds is 4. The van der Waals surface area contributed by atoms with Gasteiger partial charge in [0.15, 0.2) is 5.96 Å². The zero-order chi connectivity index (χ0) is 19.3. The molecule has 148 valence electrons. The van der Waals surface area contributed by atoms with E-state index in [1.165, 1.54) is 5.56 Å². The summed E-state index contributed by atoms with van der Waals surface area (Å²) in [4.78, 5) is 9.38. The molecule has 2 heterocycles. The molecule has 2 aliphatic rings. The number of guanidine groups is 1. The van der Waals surface area contributed by atoms with Gasteiger partial charge in [0.2, 0.25) is 0 Å². The van der Waals surface area contributed by atoms with Gasteiger partial charge in [-0.15, -0.1) is 0 Å². The van der Waals surface area contributed by atoms with Crippen molar-refractivity contribution in [2.75, 3.05) is 44.2 Å². The summed E-state index contributed by atoms with van der Waals surface area (Å²) in [6, 6.07) is 15.8. The number of aliphatic imine (C=N–C) groups is 1. The molecule has 6 heteroatoms. The topological polar surface area (TPSA) is 60.3 Å². The fraction of sp³-hybridized carbons (Fsp3) is 0.409. The van der Waals surface area contributed by atoms with Crippen LogP contribution in [0.25, 0.3) is 0 Å². The lowest BCUT2D eigenvalue weighted by molar-refractivity contribution is 0.240. The second-order valence-corrected chi connectivity index (χ2v) is 7.21. The SMILES string of the molecule is CCNC(=NCC1Cc2ccccc2O1)N1CCN(c2ccccc2O)CC1. The number of hydrogen-bond acceptors (Lipinski definition) is 4. The number of benzene rings is 2. The van der Waals surface area contributed by atoms with E-state index in [4.69, 9.17) is 9.73 Å². The van der Waals surface area contributed by atoms with Crippen LogP contribution in [0.2, 0.25) is 0 Å². The maximum absolute atomic E-state index is 10.1. The van der Waals surface area contributed by atoms with E-state index in [1.807, 2.05) is 30.3 Å². The number of nitrogens with zero attached hydrogens (tertiary/aromatic N) is 3. The summed E-state index contributed by atoms with van der Waals surface area (Å²) in [5.41, 5.74) is 2.17. The molecule has 28 heavy (non-hydrogen) atoms. The molecule has 0 amide bonds. The van der Waals surface area contributed by atoms with E-state index < -0.39 is 0 Å². The molecule has 2 aromatic carbocycles. The number of phenolic OH excluding ortho intramolecular Hbond substituents is 1. The third-order valence-electron chi connectivity index (χ3n) is 5.30.